The number of hydrogen-bond acceptors (Lipinski definition) is 9. The topological polar surface area (TPSA) is 280 Å². The number of hydrogen-bond donors (Lipinski definition) is 9. The van der Waals surface area contributed by atoms with Gasteiger partial charge in [0.15, 0.2) is 6.04 Å². The Morgan fingerprint density at radius 2 is 1.12 bits per heavy atom. The van der Waals surface area contributed by atoms with Gasteiger partial charge in [-0.1, -0.05) is 6.92 Å². The number of aliphatic carboxylic acids is 4. The van der Waals surface area contributed by atoms with Crippen LogP contribution in [-0.4, -0.2) is 91.5 Å². The van der Waals surface area contributed by atoms with Crippen molar-refractivity contribution in [3.8, 4) is 0 Å². The SMILES string of the molecule is CC(O)C(NC(=O)CC[C@H](N)C(=O)O)C(=O)O.CCC(NC(=O)CC[C@H](N)C(=O)O)C(=O)O. The quantitative estimate of drug-likeness (QED) is 0.122. The lowest BCUT2D eigenvalue weighted by Crippen LogP contribution is -2.48. The smallest absolute Gasteiger partial charge is 0.328 e. The summed E-state index contributed by atoms with van der Waals surface area (Å²) in [5, 5.41) is 47.7. The first-order chi connectivity index (χ1) is 15.1. The zero-order valence-corrected chi connectivity index (χ0v) is 18.3. The minimum absolute atomic E-state index is 0.0166. The van der Waals surface area contributed by atoms with Crippen molar-refractivity contribution >= 4 is 35.7 Å². The summed E-state index contributed by atoms with van der Waals surface area (Å²) in [5.41, 5.74) is 10.4. The van der Waals surface area contributed by atoms with Crippen LogP contribution in [0.2, 0.25) is 0 Å². The number of carbonyl (C=O) groups is 6. The summed E-state index contributed by atoms with van der Waals surface area (Å²) in [6, 6.07) is -4.62. The van der Waals surface area contributed by atoms with E-state index < -0.39 is 66.0 Å². The first-order valence-electron chi connectivity index (χ1n) is 9.83. The van der Waals surface area contributed by atoms with Gasteiger partial charge in [0.25, 0.3) is 0 Å². The van der Waals surface area contributed by atoms with Crippen molar-refractivity contribution in [2.24, 2.45) is 11.5 Å². The molecule has 0 radical (unpaired) electrons. The zero-order chi connectivity index (χ0) is 26.3. The van der Waals surface area contributed by atoms with Gasteiger partial charge in [-0.2, -0.15) is 0 Å². The predicted octanol–water partition coefficient (Wildman–Crippen LogP) is -2.71. The van der Waals surface area contributed by atoms with Crippen molar-refractivity contribution in [2.75, 3.05) is 0 Å². The predicted molar refractivity (Wildman–Crippen MR) is 111 cm³/mol. The van der Waals surface area contributed by atoms with E-state index in [4.69, 9.17) is 37.0 Å². The lowest BCUT2D eigenvalue weighted by atomic mass is 10.1. The molecule has 15 nitrogen and oxygen atoms in total. The highest BCUT2D eigenvalue weighted by molar-refractivity contribution is 5.85. The minimum Gasteiger partial charge on any atom is -0.480 e. The van der Waals surface area contributed by atoms with E-state index >= 15 is 0 Å². The fourth-order valence-corrected chi connectivity index (χ4v) is 2.06. The fourth-order valence-electron chi connectivity index (χ4n) is 2.06. The van der Waals surface area contributed by atoms with E-state index in [2.05, 4.69) is 10.6 Å². The lowest BCUT2D eigenvalue weighted by Gasteiger charge is -2.17. The third-order valence-corrected chi connectivity index (χ3v) is 4.11. The lowest BCUT2D eigenvalue weighted by molar-refractivity contribution is -0.145. The standard InChI is InChI=1S/C9H16N2O6.C9H16N2O5/c1-4(12)7(9(16)17)11-6(13)3-2-5(10)8(14)15;1-2-6(9(15)16)11-7(12)4-3-5(10)8(13)14/h4-5,7,12H,2-3,10H2,1H3,(H,11,13)(H,14,15)(H,16,17);5-6H,2-4,10H2,1H3,(H,11,12)(H,13,14)(H,15,16)/t4?,5-,7?;5-,6?/m00/s1. The largest absolute Gasteiger partial charge is 0.480 e. The molecule has 0 aromatic rings. The van der Waals surface area contributed by atoms with Crippen LogP contribution in [0.5, 0.6) is 0 Å². The van der Waals surface area contributed by atoms with Crippen LogP contribution in [0.15, 0.2) is 0 Å². The number of carbonyl (C=O) groups excluding carboxylic acids is 2. The molecule has 5 atom stereocenters. The Labute approximate surface area is 189 Å². The summed E-state index contributed by atoms with van der Waals surface area (Å²) in [6.07, 6.45) is -1.41. The number of rotatable bonds is 14. The van der Waals surface area contributed by atoms with Gasteiger partial charge in [-0.15, -0.1) is 0 Å². The number of amides is 2. The van der Waals surface area contributed by atoms with Crippen LogP contribution in [-0.2, 0) is 28.8 Å². The number of nitrogens with two attached hydrogens (primary N) is 2. The highest BCUT2D eigenvalue weighted by Crippen LogP contribution is 1.99. The molecule has 0 bridgehead atoms. The molecule has 0 aliphatic heterocycles. The molecule has 33 heavy (non-hydrogen) atoms. The molecule has 0 fully saturated rings. The molecule has 0 aromatic heterocycles. The van der Waals surface area contributed by atoms with E-state index in [1.807, 2.05) is 0 Å². The normalized spacial score (nSPS) is 14.8. The van der Waals surface area contributed by atoms with E-state index in [-0.39, 0.29) is 32.1 Å². The first-order valence-corrected chi connectivity index (χ1v) is 9.83. The third-order valence-electron chi connectivity index (χ3n) is 4.11. The van der Waals surface area contributed by atoms with Gasteiger partial charge in [0, 0.05) is 12.8 Å². The molecule has 0 spiro atoms. The second kappa shape index (κ2) is 16.3. The average Bonchev–Trinajstić information content (AvgIpc) is 2.71. The van der Waals surface area contributed by atoms with Gasteiger partial charge < -0.3 is 47.6 Å². The number of carboxylic acid groups (broad SMARTS) is 4. The Kier molecular flexibility index (Phi) is 15.8. The molecular formula is C18H32N4O11. The zero-order valence-electron chi connectivity index (χ0n) is 18.3. The molecule has 0 aliphatic carbocycles. The van der Waals surface area contributed by atoms with Crippen LogP contribution in [0.1, 0.15) is 46.0 Å². The van der Waals surface area contributed by atoms with Crippen molar-refractivity contribution in [1.29, 1.82) is 0 Å². The maximum Gasteiger partial charge on any atom is 0.328 e. The Balaban J connectivity index is 0. The van der Waals surface area contributed by atoms with Crippen molar-refractivity contribution in [2.45, 2.75) is 76.2 Å². The number of carboxylic acids is 4. The van der Waals surface area contributed by atoms with E-state index in [1.54, 1.807) is 6.92 Å². The fraction of sp³-hybridized carbons (Fsp3) is 0.667. The third kappa shape index (κ3) is 15.2. The van der Waals surface area contributed by atoms with Gasteiger partial charge in [0.1, 0.15) is 18.1 Å². The van der Waals surface area contributed by atoms with Crippen LogP contribution in [0, 0.1) is 0 Å². The molecule has 190 valence electrons. The Bertz CT molecular complexity index is 699. The van der Waals surface area contributed by atoms with Gasteiger partial charge in [-0.3, -0.25) is 19.2 Å². The van der Waals surface area contributed by atoms with Crippen LogP contribution in [0.4, 0.5) is 0 Å². The molecule has 0 saturated carbocycles. The molecule has 0 rings (SSSR count). The van der Waals surface area contributed by atoms with Gasteiger partial charge in [0.05, 0.1) is 6.10 Å². The van der Waals surface area contributed by atoms with Gasteiger partial charge in [-0.05, 0) is 26.2 Å². The van der Waals surface area contributed by atoms with E-state index in [9.17, 15) is 28.8 Å². The Morgan fingerprint density at radius 1 is 0.727 bits per heavy atom. The van der Waals surface area contributed by atoms with Gasteiger partial charge in [0.2, 0.25) is 11.8 Å². The highest BCUT2D eigenvalue weighted by atomic mass is 16.4. The van der Waals surface area contributed by atoms with Gasteiger partial charge in [-0.25, -0.2) is 9.59 Å². The number of aliphatic hydroxyl groups is 1. The molecule has 3 unspecified atom stereocenters. The van der Waals surface area contributed by atoms with Crippen molar-refractivity contribution in [3.63, 3.8) is 0 Å². The van der Waals surface area contributed by atoms with Gasteiger partial charge >= 0.3 is 23.9 Å². The van der Waals surface area contributed by atoms with Crippen molar-refractivity contribution in [1.82, 2.24) is 10.6 Å². The molecule has 11 N–H and O–H groups in total. The second-order valence-electron chi connectivity index (χ2n) is 6.96. The van der Waals surface area contributed by atoms with Crippen molar-refractivity contribution in [3.05, 3.63) is 0 Å². The van der Waals surface area contributed by atoms with Crippen molar-refractivity contribution < 1.29 is 54.3 Å². The summed E-state index contributed by atoms with van der Waals surface area (Å²) in [5.74, 6) is -6.07. The number of aliphatic hydroxyl groups excluding tert-OH is 1. The summed E-state index contributed by atoms with van der Waals surface area (Å²) < 4.78 is 0. The molecular weight excluding hydrogens is 448 g/mol. The number of nitrogens with one attached hydrogen (secondary N) is 2. The molecule has 0 saturated heterocycles. The van der Waals surface area contributed by atoms with E-state index in [0.717, 1.165) is 0 Å². The monoisotopic (exact) mass is 480 g/mol. The van der Waals surface area contributed by atoms with Crippen LogP contribution in [0.25, 0.3) is 0 Å². The summed E-state index contributed by atoms with van der Waals surface area (Å²) in [6.45, 7) is 2.85. The second-order valence-corrected chi connectivity index (χ2v) is 6.96. The first kappa shape index (κ1) is 31.9. The maximum atomic E-state index is 11.3. The summed E-state index contributed by atoms with van der Waals surface area (Å²) in [4.78, 5) is 64.4. The average molecular weight is 480 g/mol. The molecule has 0 heterocycles. The minimum atomic E-state index is -1.41. The molecule has 0 aliphatic rings. The molecule has 2 amide bonds. The van der Waals surface area contributed by atoms with E-state index in [1.165, 1.54) is 6.92 Å². The summed E-state index contributed by atoms with van der Waals surface area (Å²) >= 11 is 0. The Hall–Kier alpha value is -3.30. The van der Waals surface area contributed by atoms with Crippen LogP contribution in [0.3, 0.4) is 0 Å². The highest BCUT2D eigenvalue weighted by Gasteiger charge is 2.25. The molecule has 15 heteroatoms. The van der Waals surface area contributed by atoms with Crippen LogP contribution < -0.4 is 22.1 Å². The summed E-state index contributed by atoms with van der Waals surface area (Å²) in [7, 11) is 0. The van der Waals surface area contributed by atoms with E-state index in [0.29, 0.717) is 0 Å². The Morgan fingerprint density at radius 3 is 1.39 bits per heavy atom. The maximum absolute atomic E-state index is 11.3. The molecule has 0 aromatic carbocycles. The van der Waals surface area contributed by atoms with Crippen LogP contribution >= 0.6 is 0 Å².